The summed E-state index contributed by atoms with van der Waals surface area (Å²) in [4.78, 5) is 24.5. The summed E-state index contributed by atoms with van der Waals surface area (Å²) in [6.45, 7) is -0.0889. The molecule has 0 aliphatic carbocycles. The smallest absolute Gasteiger partial charge is 0.338 e. The highest BCUT2D eigenvalue weighted by atomic mass is 16.5. The third-order valence-electron chi connectivity index (χ3n) is 3.99. The second-order valence-electron chi connectivity index (χ2n) is 6.15. The van der Waals surface area contributed by atoms with E-state index in [0.29, 0.717) is 11.1 Å². The van der Waals surface area contributed by atoms with Crippen LogP contribution < -0.4 is 0 Å². The minimum Gasteiger partial charge on any atom is -0.461 e. The van der Waals surface area contributed by atoms with Crippen LogP contribution in [0.2, 0.25) is 0 Å². The molecule has 0 saturated carbocycles. The maximum absolute atomic E-state index is 12.2. The van der Waals surface area contributed by atoms with E-state index in [4.69, 9.17) is 22.3 Å². The van der Waals surface area contributed by atoms with Crippen LogP contribution in [0.25, 0.3) is 0 Å². The lowest BCUT2D eigenvalue weighted by Crippen LogP contribution is -2.34. The van der Waals surface area contributed by atoms with Gasteiger partial charge in [0.2, 0.25) is 0 Å². The van der Waals surface area contributed by atoms with Crippen molar-refractivity contribution in [1.29, 1.82) is 0 Å². The van der Waals surface area contributed by atoms with Gasteiger partial charge < -0.3 is 9.47 Å². The first-order chi connectivity index (χ1) is 13.1. The molecule has 0 amide bonds. The van der Waals surface area contributed by atoms with Gasteiger partial charge in [0.25, 0.3) is 0 Å². The number of ether oxygens (including phenoxy) is 2. The van der Waals surface area contributed by atoms with E-state index in [1.54, 1.807) is 60.7 Å². The van der Waals surface area contributed by atoms with Crippen molar-refractivity contribution < 1.29 is 19.1 Å². The van der Waals surface area contributed by atoms with Crippen LogP contribution in [0.5, 0.6) is 0 Å². The molecule has 0 saturated heterocycles. The molecule has 0 aromatic heterocycles. The number of hydrogen-bond donors (Lipinski definition) is 0. The molecule has 4 heteroatoms. The first-order valence-electron chi connectivity index (χ1n) is 8.41. The number of rotatable bonds is 8. The molecule has 0 aliphatic heterocycles. The normalized spacial score (nSPS) is 10.3. The lowest BCUT2D eigenvalue weighted by molar-refractivity contribution is -0.00242. The molecule has 0 unspecified atom stereocenters. The molecule has 2 aromatic carbocycles. The molecule has 27 heavy (non-hydrogen) atoms. The zero-order valence-corrected chi connectivity index (χ0v) is 14.9. The van der Waals surface area contributed by atoms with Crippen LogP contribution in [0.4, 0.5) is 0 Å². The highest BCUT2D eigenvalue weighted by molar-refractivity contribution is 5.89. The number of terminal acetylenes is 2. The first kappa shape index (κ1) is 19.8. The zero-order valence-electron chi connectivity index (χ0n) is 14.9. The molecule has 0 N–H and O–H groups in total. The van der Waals surface area contributed by atoms with Gasteiger partial charge in [-0.1, -0.05) is 36.4 Å². The minimum atomic E-state index is -0.835. The molecular weight excluding hydrogens is 340 g/mol. The van der Waals surface area contributed by atoms with Crippen LogP contribution in [0.15, 0.2) is 60.7 Å². The fourth-order valence-electron chi connectivity index (χ4n) is 2.49. The highest BCUT2D eigenvalue weighted by Crippen LogP contribution is 2.28. The Morgan fingerprint density at radius 1 is 0.741 bits per heavy atom. The number of benzene rings is 2. The predicted molar refractivity (Wildman–Crippen MR) is 103 cm³/mol. The largest absolute Gasteiger partial charge is 0.461 e. The van der Waals surface area contributed by atoms with Crippen LogP contribution in [-0.4, -0.2) is 25.2 Å². The molecule has 0 heterocycles. The van der Waals surface area contributed by atoms with Crippen molar-refractivity contribution >= 4 is 11.9 Å². The number of carbonyl (C=O) groups is 2. The molecule has 0 spiro atoms. The van der Waals surface area contributed by atoms with Crippen molar-refractivity contribution in [3.8, 4) is 24.7 Å². The maximum Gasteiger partial charge on any atom is 0.338 e. The molecule has 0 fully saturated rings. The lowest BCUT2D eigenvalue weighted by atomic mass is 9.83. The van der Waals surface area contributed by atoms with Gasteiger partial charge >= 0.3 is 11.9 Å². The fraction of sp³-hybridized carbons (Fsp3) is 0.217. The Labute approximate surface area is 159 Å². The maximum atomic E-state index is 12.2. The Kier molecular flexibility index (Phi) is 7.23. The quantitative estimate of drug-likeness (QED) is 0.532. The monoisotopic (exact) mass is 360 g/mol. The summed E-state index contributed by atoms with van der Waals surface area (Å²) in [7, 11) is 0. The number of hydrogen-bond acceptors (Lipinski definition) is 4. The van der Waals surface area contributed by atoms with E-state index in [1.807, 2.05) is 0 Å². The number of esters is 2. The summed E-state index contributed by atoms with van der Waals surface area (Å²) >= 11 is 0. The molecule has 136 valence electrons. The molecule has 4 nitrogen and oxygen atoms in total. The van der Waals surface area contributed by atoms with Gasteiger partial charge in [-0.15, -0.1) is 24.7 Å². The van der Waals surface area contributed by atoms with Gasteiger partial charge in [0, 0.05) is 12.8 Å². The Morgan fingerprint density at radius 3 is 1.44 bits per heavy atom. The van der Waals surface area contributed by atoms with Crippen LogP contribution in [-0.2, 0) is 9.47 Å². The average molecular weight is 360 g/mol. The Hall–Kier alpha value is -3.50. The van der Waals surface area contributed by atoms with Crippen LogP contribution in [0.1, 0.15) is 33.6 Å². The Bertz CT molecular complexity index is 768. The first-order valence-corrected chi connectivity index (χ1v) is 8.41. The van der Waals surface area contributed by atoms with E-state index < -0.39 is 17.4 Å². The number of carbonyl (C=O) groups excluding carboxylic acids is 2. The molecular formula is C23H20O4. The SMILES string of the molecule is C#CCC(CC#C)(COC(=O)c1ccccc1)COC(=O)c1ccccc1. The van der Waals surface area contributed by atoms with Gasteiger partial charge in [0.15, 0.2) is 0 Å². The molecule has 0 radical (unpaired) electrons. The summed E-state index contributed by atoms with van der Waals surface area (Å²) < 4.78 is 10.8. The van der Waals surface area contributed by atoms with Crippen LogP contribution in [0.3, 0.4) is 0 Å². The van der Waals surface area contributed by atoms with Gasteiger partial charge in [0.05, 0.1) is 16.5 Å². The molecule has 0 aliphatic rings. The van der Waals surface area contributed by atoms with Crippen LogP contribution >= 0.6 is 0 Å². The van der Waals surface area contributed by atoms with E-state index in [0.717, 1.165) is 0 Å². The van der Waals surface area contributed by atoms with Crippen molar-refractivity contribution in [2.75, 3.05) is 13.2 Å². The van der Waals surface area contributed by atoms with Crippen molar-refractivity contribution in [2.45, 2.75) is 12.8 Å². The lowest BCUT2D eigenvalue weighted by Gasteiger charge is -2.29. The third kappa shape index (κ3) is 5.76. The van der Waals surface area contributed by atoms with Gasteiger partial charge in [0.1, 0.15) is 13.2 Å². The summed E-state index contributed by atoms with van der Waals surface area (Å²) in [5.74, 6) is 4.12. The summed E-state index contributed by atoms with van der Waals surface area (Å²) in [5, 5.41) is 0. The molecule has 2 aromatic rings. The van der Waals surface area contributed by atoms with Gasteiger partial charge in [-0.3, -0.25) is 0 Å². The molecule has 0 bridgehead atoms. The fourth-order valence-corrected chi connectivity index (χ4v) is 2.49. The third-order valence-corrected chi connectivity index (χ3v) is 3.99. The van der Waals surface area contributed by atoms with Crippen molar-refractivity contribution in [3.05, 3.63) is 71.8 Å². The summed E-state index contributed by atoms with van der Waals surface area (Å²) in [5.41, 5.74) is 0.0152. The van der Waals surface area contributed by atoms with Gasteiger partial charge in [-0.2, -0.15) is 0 Å². The van der Waals surface area contributed by atoms with Gasteiger partial charge in [-0.25, -0.2) is 9.59 Å². The summed E-state index contributed by atoms with van der Waals surface area (Å²) in [6.07, 6.45) is 11.4. The second kappa shape index (κ2) is 9.85. The summed E-state index contributed by atoms with van der Waals surface area (Å²) in [6, 6.07) is 17.2. The molecule has 0 atom stereocenters. The minimum absolute atomic E-state index is 0.0444. The average Bonchev–Trinajstić information content (AvgIpc) is 2.72. The van der Waals surface area contributed by atoms with Crippen molar-refractivity contribution in [1.82, 2.24) is 0 Å². The van der Waals surface area contributed by atoms with E-state index in [1.165, 1.54) is 0 Å². The zero-order chi connectivity index (χ0) is 19.5. The van der Waals surface area contributed by atoms with Crippen LogP contribution in [0, 0.1) is 30.1 Å². The Morgan fingerprint density at radius 2 is 1.11 bits per heavy atom. The predicted octanol–water partition coefficient (Wildman–Crippen LogP) is 3.73. The van der Waals surface area contributed by atoms with E-state index in [-0.39, 0.29) is 26.1 Å². The van der Waals surface area contributed by atoms with Crippen molar-refractivity contribution in [2.24, 2.45) is 5.41 Å². The highest BCUT2D eigenvalue weighted by Gasteiger charge is 2.33. The topological polar surface area (TPSA) is 52.6 Å². The molecule has 2 rings (SSSR count). The van der Waals surface area contributed by atoms with Gasteiger partial charge in [-0.05, 0) is 24.3 Å². The standard InChI is InChI=1S/C23H20O4/c1-3-15-23(16-4-2,17-26-21(24)19-11-7-5-8-12-19)18-27-22(25)20-13-9-6-10-14-20/h1-2,5-14H,15-18H2. The second-order valence-corrected chi connectivity index (χ2v) is 6.15. The van der Waals surface area contributed by atoms with E-state index in [9.17, 15) is 9.59 Å². The van der Waals surface area contributed by atoms with E-state index >= 15 is 0 Å². The van der Waals surface area contributed by atoms with Crippen molar-refractivity contribution in [3.63, 3.8) is 0 Å². The van der Waals surface area contributed by atoms with E-state index in [2.05, 4.69) is 11.8 Å². The Balaban J connectivity index is 2.07.